The van der Waals surface area contributed by atoms with Crippen LogP contribution in [0.15, 0.2) is 71.8 Å². The predicted octanol–water partition coefficient (Wildman–Crippen LogP) is 4.49. The molecule has 0 unspecified atom stereocenters. The van der Waals surface area contributed by atoms with Gasteiger partial charge in [-0.15, -0.1) is 0 Å². The van der Waals surface area contributed by atoms with Crippen LogP contribution in [0.1, 0.15) is 36.5 Å². The van der Waals surface area contributed by atoms with Gasteiger partial charge in [0.15, 0.2) is 0 Å². The second kappa shape index (κ2) is 8.43. The van der Waals surface area contributed by atoms with E-state index in [-0.39, 0.29) is 11.9 Å². The molecule has 0 amide bonds. The van der Waals surface area contributed by atoms with Crippen LogP contribution in [0.25, 0.3) is 0 Å². The summed E-state index contributed by atoms with van der Waals surface area (Å²) < 4.78 is 12.2. The van der Waals surface area contributed by atoms with Crippen molar-refractivity contribution in [2.45, 2.75) is 38.7 Å². The Morgan fingerprint density at radius 1 is 1.07 bits per heavy atom. The molecule has 2 aliphatic carbocycles. The van der Waals surface area contributed by atoms with Gasteiger partial charge in [0.1, 0.15) is 23.5 Å². The van der Waals surface area contributed by atoms with Gasteiger partial charge in [-0.2, -0.15) is 0 Å². The van der Waals surface area contributed by atoms with Gasteiger partial charge in [-0.3, -0.25) is 5.41 Å². The third-order valence-corrected chi connectivity index (χ3v) is 5.33. The summed E-state index contributed by atoms with van der Waals surface area (Å²) in [6.07, 6.45) is 5.84. The smallest absolute Gasteiger partial charge is 0.141 e. The normalized spacial score (nSPS) is 16.2. The van der Waals surface area contributed by atoms with Crippen molar-refractivity contribution in [1.82, 2.24) is 0 Å². The van der Waals surface area contributed by atoms with E-state index >= 15 is 0 Å². The molecule has 5 heteroatoms. The summed E-state index contributed by atoms with van der Waals surface area (Å²) in [5.41, 5.74) is 11.0. The van der Waals surface area contributed by atoms with E-state index in [2.05, 4.69) is 29.6 Å². The minimum absolute atomic E-state index is 0.0715. The fourth-order valence-corrected chi connectivity index (χ4v) is 3.90. The first-order valence-electron chi connectivity index (χ1n) is 10.1. The van der Waals surface area contributed by atoms with Crippen LogP contribution >= 0.6 is 0 Å². The van der Waals surface area contributed by atoms with Crippen molar-refractivity contribution in [2.24, 2.45) is 5.73 Å². The Morgan fingerprint density at radius 3 is 2.38 bits per heavy atom. The molecule has 0 bridgehead atoms. The molecule has 0 fully saturated rings. The number of nitrogens with two attached hydrogens (primary N) is 1. The van der Waals surface area contributed by atoms with E-state index < -0.39 is 0 Å². The van der Waals surface area contributed by atoms with Crippen LogP contribution < -0.4 is 11.1 Å². The molecule has 2 aromatic carbocycles. The van der Waals surface area contributed by atoms with Gasteiger partial charge in [-0.25, -0.2) is 0 Å². The van der Waals surface area contributed by atoms with Crippen LogP contribution in [0.4, 0.5) is 5.69 Å². The molecule has 0 heterocycles. The highest BCUT2D eigenvalue weighted by Gasteiger charge is 2.25. The number of hydrogen-bond acceptors (Lipinski definition) is 4. The molecule has 29 heavy (non-hydrogen) atoms. The topological polar surface area (TPSA) is 80.4 Å². The predicted molar refractivity (Wildman–Crippen MR) is 116 cm³/mol. The van der Waals surface area contributed by atoms with E-state index in [4.69, 9.17) is 20.6 Å². The lowest BCUT2D eigenvalue weighted by Gasteiger charge is -2.24. The minimum Gasteiger partial charge on any atom is -0.494 e. The van der Waals surface area contributed by atoms with Crippen molar-refractivity contribution in [3.05, 3.63) is 88.5 Å². The molecule has 2 aromatic rings. The van der Waals surface area contributed by atoms with E-state index in [0.29, 0.717) is 12.2 Å². The molecular formula is C24H27N3O2. The summed E-state index contributed by atoms with van der Waals surface area (Å²) in [4.78, 5) is 0. The number of allylic oxidation sites excluding steroid dienone is 3. The van der Waals surface area contributed by atoms with Crippen molar-refractivity contribution in [2.75, 3.05) is 11.9 Å². The second-order valence-corrected chi connectivity index (χ2v) is 7.42. The average Bonchev–Trinajstić information content (AvgIpc) is 3.13. The summed E-state index contributed by atoms with van der Waals surface area (Å²) in [6.45, 7) is 2.59. The Kier molecular flexibility index (Phi) is 5.56. The number of hydrogen-bond donors (Lipinski definition) is 3. The zero-order valence-corrected chi connectivity index (χ0v) is 16.7. The van der Waals surface area contributed by atoms with Gasteiger partial charge in [0, 0.05) is 36.6 Å². The first-order chi connectivity index (χ1) is 14.1. The Labute approximate surface area is 171 Å². The molecule has 0 aromatic heterocycles. The lowest BCUT2D eigenvalue weighted by atomic mass is 10.1. The first kappa shape index (κ1) is 19.1. The summed E-state index contributed by atoms with van der Waals surface area (Å²) >= 11 is 0. The molecule has 0 atom stereocenters. The number of amidine groups is 1. The highest BCUT2D eigenvalue weighted by Crippen LogP contribution is 2.31. The highest BCUT2D eigenvalue weighted by molar-refractivity contribution is 5.95. The van der Waals surface area contributed by atoms with Crippen LogP contribution in [0.2, 0.25) is 0 Å². The number of anilines is 1. The largest absolute Gasteiger partial charge is 0.494 e. The number of fused-ring (bicyclic) bond motifs is 1. The summed E-state index contributed by atoms with van der Waals surface area (Å²) in [5.74, 6) is 1.89. The molecule has 0 spiro atoms. The molecule has 2 aliphatic rings. The van der Waals surface area contributed by atoms with Crippen molar-refractivity contribution < 1.29 is 9.47 Å². The number of ether oxygens (including phenoxy) is 2. The van der Waals surface area contributed by atoms with Crippen molar-refractivity contribution in [3.8, 4) is 0 Å². The Balaban J connectivity index is 1.46. The van der Waals surface area contributed by atoms with E-state index in [0.717, 1.165) is 48.6 Å². The summed E-state index contributed by atoms with van der Waals surface area (Å²) in [7, 11) is 0. The van der Waals surface area contributed by atoms with Crippen LogP contribution in [0.3, 0.4) is 0 Å². The molecule has 0 saturated heterocycles. The first-order valence-corrected chi connectivity index (χ1v) is 10.1. The van der Waals surface area contributed by atoms with Gasteiger partial charge < -0.3 is 20.5 Å². The van der Waals surface area contributed by atoms with Gasteiger partial charge in [0.05, 0.1) is 12.3 Å². The number of benzene rings is 2. The Hall–Kier alpha value is -3.21. The van der Waals surface area contributed by atoms with Gasteiger partial charge in [-0.1, -0.05) is 24.3 Å². The van der Waals surface area contributed by atoms with Gasteiger partial charge in [0.25, 0.3) is 0 Å². The number of nitrogen functional groups attached to an aromatic ring is 1. The molecule has 4 N–H and O–H groups in total. The molecule has 4 rings (SSSR count). The maximum absolute atomic E-state index is 7.51. The molecule has 0 radical (unpaired) electrons. The fraction of sp³-hybridized carbons (Fsp3) is 0.292. The number of nitrogens with one attached hydrogen (secondary N) is 2. The quantitative estimate of drug-likeness (QED) is 0.481. The Morgan fingerprint density at radius 2 is 1.76 bits per heavy atom. The third kappa shape index (κ3) is 4.45. The maximum atomic E-state index is 7.51. The van der Waals surface area contributed by atoms with Gasteiger partial charge in [0.2, 0.25) is 0 Å². The molecule has 0 saturated carbocycles. The Bertz CT molecular complexity index is 935. The lowest BCUT2D eigenvalue weighted by Crippen LogP contribution is -2.16. The van der Waals surface area contributed by atoms with E-state index in [1.165, 1.54) is 11.1 Å². The van der Waals surface area contributed by atoms with Crippen molar-refractivity contribution in [3.63, 3.8) is 0 Å². The SMILES string of the molecule is CCOC1=C(Nc2ccc(C(=N)N)cc2)CCC(OC2Cc3ccccc3C2)=C1. The van der Waals surface area contributed by atoms with Gasteiger partial charge >= 0.3 is 0 Å². The zero-order valence-electron chi connectivity index (χ0n) is 16.7. The third-order valence-electron chi connectivity index (χ3n) is 5.33. The van der Waals surface area contributed by atoms with Crippen LogP contribution in [-0.2, 0) is 22.3 Å². The van der Waals surface area contributed by atoms with Crippen LogP contribution in [-0.4, -0.2) is 18.5 Å². The monoisotopic (exact) mass is 389 g/mol. The zero-order chi connectivity index (χ0) is 20.2. The van der Waals surface area contributed by atoms with E-state index in [1.54, 1.807) is 0 Å². The summed E-state index contributed by atoms with van der Waals surface area (Å²) in [6, 6.07) is 16.1. The lowest BCUT2D eigenvalue weighted by molar-refractivity contribution is 0.113. The minimum atomic E-state index is 0.0715. The maximum Gasteiger partial charge on any atom is 0.141 e. The molecular weight excluding hydrogens is 362 g/mol. The van der Waals surface area contributed by atoms with Crippen LogP contribution in [0, 0.1) is 5.41 Å². The fourth-order valence-electron chi connectivity index (χ4n) is 3.90. The molecule has 5 nitrogen and oxygen atoms in total. The average molecular weight is 389 g/mol. The highest BCUT2D eigenvalue weighted by atomic mass is 16.5. The van der Waals surface area contributed by atoms with Gasteiger partial charge in [-0.05, 0) is 48.7 Å². The molecule has 0 aliphatic heterocycles. The van der Waals surface area contributed by atoms with Crippen molar-refractivity contribution in [1.29, 1.82) is 5.41 Å². The molecule has 150 valence electrons. The van der Waals surface area contributed by atoms with E-state index in [9.17, 15) is 0 Å². The summed E-state index contributed by atoms with van der Waals surface area (Å²) in [5, 5.41) is 11.0. The number of rotatable bonds is 7. The van der Waals surface area contributed by atoms with Crippen molar-refractivity contribution >= 4 is 11.5 Å². The van der Waals surface area contributed by atoms with Crippen LogP contribution in [0.5, 0.6) is 0 Å². The second-order valence-electron chi connectivity index (χ2n) is 7.42. The standard InChI is InChI=1S/C24H27N3O2/c1-2-28-23-15-20(29-21-13-17-5-3-4-6-18(17)14-21)11-12-22(23)27-19-9-7-16(8-10-19)24(25)26/h3-10,15,21,27H,2,11-14H2,1H3,(H3,25,26). The van der Waals surface area contributed by atoms with E-state index in [1.807, 2.05) is 37.3 Å².